The van der Waals surface area contributed by atoms with Gasteiger partial charge in [0, 0.05) is 0 Å². The monoisotopic (exact) mass is 595 g/mol. The van der Waals surface area contributed by atoms with Gasteiger partial charge in [-0.1, -0.05) is 55.4 Å². The average molecular weight is 596 g/mol. The number of ether oxygens (including phenoxy) is 3. The minimum absolute atomic E-state index is 0.0389. The predicted molar refractivity (Wildman–Crippen MR) is 160 cm³/mol. The predicted octanol–water partition coefficient (Wildman–Crippen LogP) is 5.29. The van der Waals surface area contributed by atoms with Crippen LogP contribution < -0.4 is 10.5 Å². The van der Waals surface area contributed by atoms with Crippen molar-refractivity contribution in [2.24, 2.45) is 5.92 Å². The molecule has 1 fully saturated rings. The highest BCUT2D eigenvalue weighted by molar-refractivity contribution is 6.74. The van der Waals surface area contributed by atoms with Crippen molar-refractivity contribution in [3.05, 3.63) is 6.33 Å². The molecule has 1 aliphatic rings. The van der Waals surface area contributed by atoms with Crippen LogP contribution in [0.2, 0.25) is 36.3 Å². The van der Waals surface area contributed by atoms with Crippen LogP contribution in [0.5, 0.6) is 5.88 Å². The van der Waals surface area contributed by atoms with Crippen molar-refractivity contribution >= 4 is 39.7 Å². The molecular weight excluding hydrogens is 546 g/mol. The van der Waals surface area contributed by atoms with E-state index in [-0.39, 0.29) is 40.4 Å². The molecule has 0 radical (unpaired) electrons. The second-order valence-electron chi connectivity index (χ2n) is 14.0. The normalized spacial score (nSPS) is 22.8. The highest BCUT2D eigenvalue weighted by Gasteiger charge is 2.55. The largest absolute Gasteiger partial charge is 0.479 e. The smallest absolute Gasteiger partial charge is 0.308 e. The van der Waals surface area contributed by atoms with Gasteiger partial charge in [-0.25, -0.2) is 4.98 Å². The van der Waals surface area contributed by atoms with Gasteiger partial charge >= 0.3 is 5.97 Å². The first-order chi connectivity index (χ1) is 18.2. The van der Waals surface area contributed by atoms with E-state index in [9.17, 15) is 4.79 Å². The van der Waals surface area contributed by atoms with Crippen molar-refractivity contribution in [3.8, 4) is 5.88 Å². The van der Waals surface area contributed by atoms with Gasteiger partial charge in [-0.2, -0.15) is 9.97 Å². The Morgan fingerprint density at radius 2 is 1.57 bits per heavy atom. The Balaban J connectivity index is 2.17. The van der Waals surface area contributed by atoms with Gasteiger partial charge in [0.2, 0.25) is 11.8 Å². The number of nitrogen functional groups attached to an aromatic ring is 1. The van der Waals surface area contributed by atoms with Crippen LogP contribution in [0.25, 0.3) is 11.2 Å². The van der Waals surface area contributed by atoms with Crippen molar-refractivity contribution in [2.45, 2.75) is 116 Å². The third-order valence-corrected chi connectivity index (χ3v) is 17.4. The van der Waals surface area contributed by atoms with E-state index in [4.69, 9.17) is 28.8 Å². The lowest BCUT2D eigenvalue weighted by Crippen LogP contribution is -2.54. The summed E-state index contributed by atoms with van der Waals surface area (Å²) in [5.74, 6) is -0.223. The quantitative estimate of drug-likeness (QED) is 0.301. The van der Waals surface area contributed by atoms with E-state index in [1.807, 2.05) is 13.8 Å². The van der Waals surface area contributed by atoms with Crippen molar-refractivity contribution in [3.63, 3.8) is 0 Å². The van der Waals surface area contributed by atoms with Crippen LogP contribution in [-0.4, -0.2) is 74.2 Å². The molecule has 0 saturated carbocycles. The van der Waals surface area contributed by atoms with E-state index < -0.39 is 41.2 Å². The zero-order chi connectivity index (χ0) is 30.4. The van der Waals surface area contributed by atoms with Gasteiger partial charge in [0.05, 0.1) is 19.4 Å². The molecule has 0 aromatic carbocycles. The summed E-state index contributed by atoms with van der Waals surface area (Å²) in [5, 5.41) is -0.142. The lowest BCUT2D eigenvalue weighted by Gasteiger charge is -2.44. The van der Waals surface area contributed by atoms with Gasteiger partial charge in [-0.05, 0) is 36.3 Å². The lowest BCUT2D eigenvalue weighted by atomic mass is 10.1. The molecule has 11 nitrogen and oxygen atoms in total. The molecule has 13 heteroatoms. The Morgan fingerprint density at radius 3 is 2.08 bits per heavy atom. The fraction of sp³-hybridized carbons (Fsp3) is 0.778. The zero-order valence-corrected chi connectivity index (χ0v) is 28.5. The van der Waals surface area contributed by atoms with Crippen LogP contribution in [0.3, 0.4) is 0 Å². The summed E-state index contributed by atoms with van der Waals surface area (Å²) in [6.07, 6.45) is -0.637. The van der Waals surface area contributed by atoms with E-state index in [1.54, 1.807) is 10.9 Å². The molecule has 1 aliphatic heterocycles. The zero-order valence-electron chi connectivity index (χ0n) is 26.5. The Hall–Kier alpha value is -2.07. The maximum atomic E-state index is 12.5. The summed E-state index contributed by atoms with van der Waals surface area (Å²) < 4.78 is 33.8. The van der Waals surface area contributed by atoms with Crippen LogP contribution in [0.15, 0.2) is 6.33 Å². The molecule has 2 N–H and O–H groups in total. The maximum Gasteiger partial charge on any atom is 0.308 e. The Morgan fingerprint density at radius 1 is 1.02 bits per heavy atom. The molecule has 4 atom stereocenters. The minimum atomic E-state index is -2.34. The molecule has 0 unspecified atom stereocenters. The molecule has 40 heavy (non-hydrogen) atoms. The summed E-state index contributed by atoms with van der Waals surface area (Å²) in [5.41, 5.74) is 6.95. The highest BCUT2D eigenvalue weighted by atomic mass is 28.4. The number of methoxy groups -OCH3 is 1. The topological polar surface area (TPSA) is 133 Å². The number of carbonyl (C=O) groups excluding carboxylic acids is 1. The Kier molecular flexibility index (Phi) is 9.18. The van der Waals surface area contributed by atoms with Crippen molar-refractivity contribution in [2.75, 3.05) is 19.5 Å². The van der Waals surface area contributed by atoms with Crippen molar-refractivity contribution in [1.29, 1.82) is 0 Å². The number of esters is 1. The minimum Gasteiger partial charge on any atom is -0.479 e. The molecule has 3 heterocycles. The van der Waals surface area contributed by atoms with Gasteiger partial charge in [-0.3, -0.25) is 9.36 Å². The first-order valence-corrected chi connectivity index (χ1v) is 19.7. The second kappa shape index (κ2) is 11.3. The van der Waals surface area contributed by atoms with E-state index in [0.717, 1.165) is 0 Å². The number of aromatic nitrogens is 4. The first-order valence-electron chi connectivity index (χ1n) is 13.9. The number of nitrogens with two attached hydrogens (primary N) is 1. The van der Waals surface area contributed by atoms with E-state index in [1.165, 1.54) is 7.11 Å². The molecule has 1 saturated heterocycles. The van der Waals surface area contributed by atoms with Crippen LogP contribution in [-0.2, 0) is 23.1 Å². The molecule has 0 aliphatic carbocycles. The number of nitrogens with zero attached hydrogens (tertiary/aromatic N) is 4. The number of carbonyl (C=O) groups is 1. The first kappa shape index (κ1) is 32.4. The van der Waals surface area contributed by atoms with Crippen LogP contribution in [0.4, 0.5) is 5.95 Å². The molecular formula is C27H49N5O6Si2. The summed E-state index contributed by atoms with van der Waals surface area (Å²) in [7, 11) is -3.15. The van der Waals surface area contributed by atoms with Gasteiger partial charge in [0.1, 0.15) is 24.9 Å². The van der Waals surface area contributed by atoms with E-state index >= 15 is 0 Å². The van der Waals surface area contributed by atoms with Crippen LogP contribution >= 0.6 is 0 Å². The van der Waals surface area contributed by atoms with Crippen LogP contribution in [0, 0.1) is 5.92 Å². The molecule has 2 aromatic heterocycles. The summed E-state index contributed by atoms with van der Waals surface area (Å²) in [4.78, 5) is 25.7. The summed E-state index contributed by atoms with van der Waals surface area (Å²) >= 11 is 0. The SMILES string of the molecule is COc1nc(N)nc2c1ncn2[C@@H]1O[C@H](COC(=O)C(C)C)[C@@H](O[Si](C)(C)C(C)(C)C)[C@@H]1O[Si](C)(C)C(C)(C)C. The molecule has 226 valence electrons. The van der Waals surface area contributed by atoms with E-state index in [2.05, 4.69) is 82.7 Å². The van der Waals surface area contributed by atoms with Crippen LogP contribution in [0.1, 0.15) is 61.6 Å². The standard InChI is InChI=1S/C27H49N5O6Si2/c1-16(2)24(33)35-14-17-19(37-39(10,11)26(3,4)5)20(38-40(12,13)27(6,7)8)23(36-17)32-15-29-18-21(32)30-25(28)31-22(18)34-9/h15-17,19-20,23H,14H2,1-13H3,(H2,28,30,31)/t17-,19-,20+,23-/m1/s1. The third-order valence-electron chi connectivity index (χ3n) is 8.49. The number of anilines is 1. The van der Waals surface area contributed by atoms with Crippen molar-refractivity contribution in [1.82, 2.24) is 19.5 Å². The van der Waals surface area contributed by atoms with Gasteiger partial charge in [-0.15, -0.1) is 0 Å². The van der Waals surface area contributed by atoms with Gasteiger partial charge in [0.15, 0.2) is 34.0 Å². The van der Waals surface area contributed by atoms with Gasteiger partial charge < -0.3 is 28.8 Å². The van der Waals surface area contributed by atoms with Crippen molar-refractivity contribution < 1.29 is 27.9 Å². The average Bonchev–Trinajstić information content (AvgIpc) is 3.36. The molecule has 0 bridgehead atoms. The highest BCUT2D eigenvalue weighted by Crippen LogP contribution is 2.46. The summed E-state index contributed by atoms with van der Waals surface area (Å²) in [6, 6.07) is 0. The fourth-order valence-electron chi connectivity index (χ4n) is 3.93. The maximum absolute atomic E-state index is 12.5. The number of hydrogen-bond acceptors (Lipinski definition) is 10. The second-order valence-corrected chi connectivity index (χ2v) is 23.5. The summed E-state index contributed by atoms with van der Waals surface area (Å²) in [6.45, 7) is 25.6. The lowest BCUT2D eigenvalue weighted by molar-refractivity contribution is -0.153. The Labute approximate surface area is 240 Å². The number of rotatable bonds is 9. The van der Waals surface area contributed by atoms with E-state index in [0.29, 0.717) is 11.2 Å². The van der Waals surface area contributed by atoms with Gasteiger partial charge in [0.25, 0.3) is 0 Å². The Bertz CT molecular complexity index is 1200. The number of fused-ring (bicyclic) bond motifs is 1. The number of hydrogen-bond donors (Lipinski definition) is 1. The molecule has 3 rings (SSSR count). The fourth-order valence-corrected chi connectivity index (χ4v) is 6.54. The molecule has 0 spiro atoms. The number of imidazole rings is 1. The molecule has 2 aromatic rings. The third kappa shape index (κ3) is 6.53. The molecule has 0 amide bonds.